The van der Waals surface area contributed by atoms with Gasteiger partial charge in [0.05, 0.1) is 0 Å². The third kappa shape index (κ3) is 1630. The van der Waals surface area contributed by atoms with Crippen LogP contribution in [0.1, 0.15) is 14.9 Å². The number of hydrogen-bond donors (Lipinski definition) is 0. The Hall–Kier alpha value is 5.55. The molecule has 0 aliphatic rings. The first-order chi connectivity index (χ1) is 8.29. The van der Waals surface area contributed by atoms with Crippen LogP contribution in [0.4, 0.5) is 0 Å². The predicted octanol–water partition coefficient (Wildman–Crippen LogP) is -26.1. The van der Waals surface area contributed by atoms with Gasteiger partial charge in [0.1, 0.15) is 0 Å². The fourth-order valence-corrected chi connectivity index (χ4v) is 0. The Kier molecular flexibility index (Phi) is 1660. The van der Waals surface area contributed by atoms with E-state index in [1.165, 1.54) is 32.4 Å². The average Bonchev–Trinajstić information content (AvgIpc) is 2.23. The molecule has 0 atom stereocenters. The first-order valence-corrected chi connectivity index (χ1v) is 7.54. The van der Waals surface area contributed by atoms with Crippen LogP contribution in [0.3, 0.4) is 0 Å². The van der Waals surface area contributed by atoms with Crippen molar-refractivity contribution in [1.29, 1.82) is 0 Å². The zero-order chi connectivity index (χ0) is 16.6. The molecule has 0 aromatic heterocycles. The summed E-state index contributed by atoms with van der Waals surface area (Å²) in [6, 6.07) is 0. The molecule has 0 saturated carbocycles. The van der Waals surface area contributed by atoms with Crippen molar-refractivity contribution >= 4 is 104 Å². The van der Waals surface area contributed by atoms with E-state index in [4.69, 9.17) is 53.6 Å². The molecule has 0 heterocycles. The van der Waals surface area contributed by atoms with E-state index in [0.717, 1.165) is 0 Å². The molecule has 0 aromatic carbocycles. The van der Waals surface area contributed by atoms with Gasteiger partial charge in [-0.3, -0.25) is 17.8 Å². The molecule has 0 aromatic rings. The summed E-state index contributed by atoms with van der Waals surface area (Å²) in [6.45, 7) is 0. The second-order valence-electron chi connectivity index (χ2n) is 0.667. The fourth-order valence-electron chi connectivity index (χ4n) is 0. The predicted molar refractivity (Wildman–Crippen MR) is 93.9 cm³/mol. The van der Waals surface area contributed by atoms with Crippen molar-refractivity contribution in [3.8, 4) is 0 Å². The Balaban J connectivity index is -0.00000000235. The quantitative estimate of drug-likeness (QED) is 0.211. The van der Waals surface area contributed by atoms with Crippen LogP contribution in [0.5, 0.6) is 0 Å². The van der Waals surface area contributed by atoms with Gasteiger partial charge in [-0.1, -0.05) is 14.9 Å². The van der Waals surface area contributed by atoms with Gasteiger partial charge < -0.3 is 71.9 Å². The van der Waals surface area contributed by atoms with Gasteiger partial charge in [0.2, 0.25) is 0 Å². The van der Waals surface area contributed by atoms with Crippen LogP contribution in [0.15, 0.2) is 0 Å². The second kappa shape index (κ2) is 296. The van der Waals surface area contributed by atoms with Gasteiger partial charge in [-0.2, -0.15) is 0 Å². The standard InChI is InChI=1S/2CH4.4Al.2K.2Na.2O3Si.2O2Si.8H2O.2O/c;;;;;;;;;;2*1-4(2)3;2*1-3-2;;;;;;;;;;/h2*1H4;;;;;;;;;;;;;8*1H2;;/q;;;;;;4*+1;2*-2;;;;;;;;;;;;. The van der Waals surface area contributed by atoms with Gasteiger partial charge in [0.15, 0.2) is 0 Å². The first kappa shape index (κ1) is 191. The van der Waals surface area contributed by atoms with E-state index in [-0.39, 0.29) is 255 Å². The Bertz CT molecular complexity index is 247. The molecule has 0 spiro atoms. The molecule has 0 aliphatic carbocycles. The van der Waals surface area contributed by atoms with Crippen LogP contribution in [0.25, 0.3) is 0 Å². The fraction of sp³-hybridized carbons (Fsp3) is 1.00. The van der Waals surface area contributed by atoms with E-state index < -0.39 is 36.9 Å². The molecule has 0 amide bonds. The molecule has 32 heteroatoms. The van der Waals surface area contributed by atoms with Crippen molar-refractivity contribution in [2.75, 3.05) is 0 Å². The van der Waals surface area contributed by atoms with Crippen molar-refractivity contribution in [2.45, 2.75) is 14.9 Å². The molecule has 0 bridgehead atoms. The average molecular weight is 713 g/mol. The van der Waals surface area contributed by atoms with Gasteiger partial charge in [-0.15, -0.1) is 0 Å². The molecule has 184 valence electrons. The Morgan fingerprint density at radius 1 is 0.471 bits per heavy atom. The van der Waals surface area contributed by atoms with Crippen molar-refractivity contribution in [1.82, 2.24) is 0 Å². The molecule has 8 radical (unpaired) electrons. The van der Waals surface area contributed by atoms with Crippen molar-refractivity contribution in [3.63, 3.8) is 0 Å². The summed E-state index contributed by atoms with van der Waals surface area (Å²) < 4.78 is 67.0. The molecule has 0 fully saturated rings. The van der Waals surface area contributed by atoms with E-state index in [9.17, 15) is 0 Å². The maximum absolute atomic E-state index is 8.52. The van der Waals surface area contributed by atoms with Crippen molar-refractivity contribution in [2.24, 2.45) is 0 Å². The first-order valence-electron chi connectivity index (χ1n) is 2.51. The molecule has 16 N–H and O–H groups in total. The Labute approximate surface area is 370 Å². The third-order valence-electron chi connectivity index (χ3n) is 0. The molecule has 34 heavy (non-hydrogen) atoms. The SMILES string of the molecule is C.C.O.O.O.O.O.O.O.O.O=[Si]([O-])[O-].O=[Si]([O-])[O-].O=[Si]=O.O=[Si]=O.[Al].[Al].[K+].[K+].[Na+].[Na+].[O]=[Al].[O]=[Al]. The summed E-state index contributed by atoms with van der Waals surface area (Å²) >= 11 is 2.33. The molecular formula is C2H24Al4K2Na2O20Si4. The van der Waals surface area contributed by atoms with Crippen molar-refractivity contribution < 1.29 is 259 Å². The normalized spacial score (nSPS) is 2.06. The zero-order valence-corrected chi connectivity index (χ0v) is 36.1. The zero-order valence-electron chi connectivity index (χ0n) is 17.2. The van der Waals surface area contributed by atoms with Crippen LogP contribution in [-0.4, -0.2) is 148 Å². The molecule has 20 nitrogen and oxygen atoms in total. The Morgan fingerprint density at radius 3 is 0.471 bits per heavy atom. The van der Waals surface area contributed by atoms with E-state index in [1.807, 2.05) is 0 Å². The van der Waals surface area contributed by atoms with Crippen LogP contribution >= 0.6 is 0 Å². The van der Waals surface area contributed by atoms with E-state index >= 15 is 0 Å². The van der Waals surface area contributed by atoms with E-state index in [0.29, 0.717) is 0 Å². The molecule has 0 rings (SSSR count). The number of rotatable bonds is 0. The van der Waals surface area contributed by atoms with E-state index in [2.05, 4.69) is 0 Å². The van der Waals surface area contributed by atoms with Gasteiger partial charge in [0.25, 0.3) is 0 Å². The molecular weight excluding hydrogens is 688 g/mol. The monoisotopic (exact) mass is 712 g/mol. The maximum atomic E-state index is 8.52. The van der Waals surface area contributed by atoms with Crippen LogP contribution < -0.4 is 181 Å². The van der Waals surface area contributed by atoms with Gasteiger partial charge in [-0.25, -0.2) is 0 Å². The topological polar surface area (TPSA) is 481 Å². The number of hydrogen-bond acceptors (Lipinski definition) is 12. The minimum atomic E-state index is -3.63. The summed E-state index contributed by atoms with van der Waals surface area (Å²) in [5.41, 5.74) is 0. The third-order valence-corrected chi connectivity index (χ3v) is 0. The van der Waals surface area contributed by atoms with Crippen LogP contribution in [-0.2, 0) is 34.4 Å². The van der Waals surface area contributed by atoms with Gasteiger partial charge in [-0.05, 0) is 0 Å². The van der Waals surface area contributed by atoms with Crippen LogP contribution in [0.2, 0.25) is 0 Å². The summed E-state index contributed by atoms with van der Waals surface area (Å²) in [6.07, 6.45) is 0. The second-order valence-corrected chi connectivity index (χ2v) is 2.00. The van der Waals surface area contributed by atoms with Gasteiger partial charge >= 0.3 is 221 Å². The van der Waals surface area contributed by atoms with Crippen molar-refractivity contribution in [3.05, 3.63) is 0 Å². The summed E-state index contributed by atoms with van der Waals surface area (Å²) in [5, 5.41) is 0. The summed E-state index contributed by atoms with van der Waals surface area (Å²) in [4.78, 5) is 34.1. The minimum absolute atomic E-state index is 0. The van der Waals surface area contributed by atoms with Crippen LogP contribution in [0, 0.1) is 0 Å². The molecule has 0 unspecified atom stereocenters. The molecule has 0 saturated heterocycles. The molecule has 0 aliphatic heterocycles. The summed E-state index contributed by atoms with van der Waals surface area (Å²) in [5.74, 6) is 0. The van der Waals surface area contributed by atoms with E-state index in [1.54, 1.807) is 0 Å². The van der Waals surface area contributed by atoms with Gasteiger partial charge in [0, 0.05) is 53.1 Å². The Morgan fingerprint density at radius 2 is 0.471 bits per heavy atom. The summed E-state index contributed by atoms with van der Waals surface area (Å²) in [7, 11) is -10.1.